The second-order valence-electron chi connectivity index (χ2n) is 6.30. The van der Waals surface area contributed by atoms with E-state index in [0.29, 0.717) is 31.3 Å². The fourth-order valence-corrected chi connectivity index (χ4v) is 15.7. The zero-order valence-corrected chi connectivity index (χ0v) is 24.7. The predicted molar refractivity (Wildman–Crippen MR) is 122 cm³/mol. The molecule has 0 amide bonds. The van der Waals surface area contributed by atoms with Crippen LogP contribution < -0.4 is 0 Å². The largest absolute Gasteiger partial charge is 0.664 e. The van der Waals surface area contributed by atoms with Crippen molar-refractivity contribution >= 4 is 35.5 Å². The van der Waals surface area contributed by atoms with Gasteiger partial charge in [-0.25, -0.2) is 0 Å². The summed E-state index contributed by atoms with van der Waals surface area (Å²) < 4.78 is 64.3. The molecule has 0 aromatic rings. The molecule has 188 valence electrons. The van der Waals surface area contributed by atoms with Gasteiger partial charge in [0.05, 0.1) is 0 Å². The zero-order chi connectivity index (χ0) is 24.0. The van der Waals surface area contributed by atoms with Gasteiger partial charge in [-0.05, 0) is 13.8 Å². The summed E-state index contributed by atoms with van der Waals surface area (Å²) in [4.78, 5) is 0. The highest BCUT2D eigenvalue weighted by Gasteiger charge is 2.62. The van der Waals surface area contributed by atoms with Crippen LogP contribution in [0.4, 0.5) is 0 Å². The molecule has 0 fully saturated rings. The third-order valence-electron chi connectivity index (χ3n) is 4.67. The molecule has 0 radical (unpaired) electrons. The van der Waals surface area contributed by atoms with Gasteiger partial charge in [-0.15, -0.1) is 0 Å². The molecule has 0 heterocycles. The average molecular weight is 523 g/mol. The van der Waals surface area contributed by atoms with Crippen LogP contribution in [-0.2, 0) is 48.1 Å². The highest BCUT2D eigenvalue weighted by molar-refractivity contribution is 6.78. The van der Waals surface area contributed by atoms with Gasteiger partial charge in [0.25, 0.3) is 0 Å². The summed E-state index contributed by atoms with van der Waals surface area (Å²) in [6, 6.07) is 1.31. The van der Waals surface area contributed by atoms with Gasteiger partial charge in [-0.1, -0.05) is 13.3 Å². The summed E-state index contributed by atoms with van der Waals surface area (Å²) in [6.45, 7) is 6.26. The first-order valence-corrected chi connectivity index (χ1v) is 17.7. The summed E-state index contributed by atoms with van der Waals surface area (Å²) in [5.74, 6) is 0. The van der Waals surface area contributed by atoms with Crippen LogP contribution in [0, 0.1) is 0 Å². The molecule has 0 aliphatic rings. The zero-order valence-electron chi connectivity index (χ0n) is 20.7. The van der Waals surface area contributed by atoms with Crippen LogP contribution in [0.15, 0.2) is 0 Å². The van der Waals surface area contributed by atoms with Gasteiger partial charge in [-0.2, -0.15) is 0 Å². The molecule has 0 aromatic heterocycles. The fraction of sp³-hybridized carbons (Fsp3) is 1.00. The van der Waals surface area contributed by atoms with E-state index < -0.39 is 35.5 Å². The van der Waals surface area contributed by atoms with Crippen LogP contribution in [0.2, 0.25) is 18.1 Å². The Kier molecular flexibility index (Phi) is 15.6. The Hall–Kier alpha value is 0.428. The van der Waals surface area contributed by atoms with Crippen LogP contribution >= 0.6 is 0 Å². The monoisotopic (exact) mass is 522 g/mol. The van der Waals surface area contributed by atoms with Crippen LogP contribution in [0.3, 0.4) is 0 Å². The normalized spacial score (nSPS) is 13.7. The topological polar surface area (TPSA) is 102 Å². The minimum atomic E-state index is -3.80. The van der Waals surface area contributed by atoms with Crippen LogP contribution in [0.5, 0.6) is 0 Å². The SMILES string of the molecule is CCC[Si](OC)(OC)O[Si](OCC)(OCC)O[Si](CC[Si](OC)(OC)OC)(OC)OC. The van der Waals surface area contributed by atoms with E-state index in [1.165, 1.54) is 14.2 Å². The molecular formula is C16H42O11Si4. The lowest BCUT2D eigenvalue weighted by Gasteiger charge is -2.39. The third-order valence-corrected chi connectivity index (χ3v) is 18.1. The molecular weight excluding hydrogens is 481 g/mol. The Labute approximate surface area is 192 Å². The van der Waals surface area contributed by atoms with Crippen molar-refractivity contribution in [2.24, 2.45) is 0 Å². The predicted octanol–water partition coefficient (Wildman–Crippen LogP) is 2.28. The van der Waals surface area contributed by atoms with E-state index in [9.17, 15) is 0 Å². The molecule has 0 spiro atoms. The van der Waals surface area contributed by atoms with E-state index in [1.54, 1.807) is 35.5 Å². The number of rotatable bonds is 20. The van der Waals surface area contributed by atoms with Gasteiger partial charge >= 0.3 is 35.5 Å². The number of hydrogen-bond acceptors (Lipinski definition) is 11. The maximum absolute atomic E-state index is 6.44. The molecule has 0 atom stereocenters. The molecule has 0 saturated carbocycles. The van der Waals surface area contributed by atoms with E-state index in [-0.39, 0.29) is 0 Å². The molecule has 31 heavy (non-hydrogen) atoms. The Morgan fingerprint density at radius 3 is 1.06 bits per heavy atom. The smallest absolute Gasteiger partial charge is 0.377 e. The first kappa shape index (κ1) is 31.4. The first-order valence-electron chi connectivity index (χ1n) is 10.3. The standard InChI is InChI=1S/C16H42O11Si4/c1-11-14-29(20-7,21-8)26-31(24-12-2,25-13-3)27-30(22-9,23-10)16-15-28(17-4,18-5)19-6/h11-16H2,1-10H3. The fourth-order valence-electron chi connectivity index (χ4n) is 2.93. The first-order chi connectivity index (χ1) is 14.7. The van der Waals surface area contributed by atoms with Crippen LogP contribution in [-0.4, -0.2) is 98.4 Å². The van der Waals surface area contributed by atoms with E-state index in [2.05, 4.69) is 0 Å². The van der Waals surface area contributed by atoms with E-state index in [0.717, 1.165) is 6.42 Å². The maximum atomic E-state index is 6.44. The van der Waals surface area contributed by atoms with E-state index in [4.69, 9.17) is 48.1 Å². The Balaban J connectivity index is 6.06. The maximum Gasteiger partial charge on any atom is 0.664 e. The Morgan fingerprint density at radius 2 is 0.774 bits per heavy atom. The van der Waals surface area contributed by atoms with Gasteiger partial charge in [-0.3, -0.25) is 0 Å². The van der Waals surface area contributed by atoms with Crippen LogP contribution in [0.1, 0.15) is 27.2 Å². The average Bonchev–Trinajstić information content (AvgIpc) is 2.79. The quantitative estimate of drug-likeness (QED) is 0.220. The third kappa shape index (κ3) is 8.95. The number of hydrogen-bond donors (Lipinski definition) is 0. The minimum absolute atomic E-state index is 0.293. The van der Waals surface area contributed by atoms with Crippen molar-refractivity contribution in [3.63, 3.8) is 0 Å². The van der Waals surface area contributed by atoms with Gasteiger partial charge < -0.3 is 48.1 Å². The summed E-state index contributed by atoms with van der Waals surface area (Å²) in [7, 11) is -2.40. The van der Waals surface area contributed by atoms with Crippen molar-refractivity contribution in [1.82, 2.24) is 0 Å². The molecule has 0 aromatic carbocycles. The van der Waals surface area contributed by atoms with E-state index in [1.807, 2.05) is 20.8 Å². The summed E-state index contributed by atoms with van der Waals surface area (Å²) in [6.07, 6.45) is 0.789. The van der Waals surface area contributed by atoms with Crippen molar-refractivity contribution < 1.29 is 48.1 Å². The van der Waals surface area contributed by atoms with Gasteiger partial charge in [0.2, 0.25) is 0 Å². The molecule has 0 rings (SSSR count). The van der Waals surface area contributed by atoms with Crippen molar-refractivity contribution in [3.05, 3.63) is 0 Å². The molecule has 0 bridgehead atoms. The van der Waals surface area contributed by atoms with Gasteiger partial charge in [0, 0.05) is 81.1 Å². The second-order valence-corrected chi connectivity index (χ2v) is 18.0. The molecule has 11 nitrogen and oxygen atoms in total. The summed E-state index contributed by atoms with van der Waals surface area (Å²) in [5.41, 5.74) is 0. The molecule has 15 heteroatoms. The van der Waals surface area contributed by atoms with Crippen LogP contribution in [0.25, 0.3) is 0 Å². The Morgan fingerprint density at radius 1 is 0.452 bits per heavy atom. The highest BCUT2D eigenvalue weighted by Crippen LogP contribution is 2.31. The van der Waals surface area contributed by atoms with Crippen molar-refractivity contribution in [2.75, 3.05) is 63.0 Å². The molecule has 0 aliphatic heterocycles. The summed E-state index contributed by atoms with van der Waals surface area (Å²) >= 11 is 0. The summed E-state index contributed by atoms with van der Waals surface area (Å²) in [5, 5.41) is 0. The molecule has 0 N–H and O–H groups in total. The van der Waals surface area contributed by atoms with E-state index >= 15 is 0 Å². The minimum Gasteiger partial charge on any atom is -0.377 e. The highest BCUT2D eigenvalue weighted by atomic mass is 28.5. The van der Waals surface area contributed by atoms with Crippen molar-refractivity contribution in [3.8, 4) is 0 Å². The lowest BCUT2D eigenvalue weighted by Crippen LogP contribution is -2.65. The lowest BCUT2D eigenvalue weighted by molar-refractivity contribution is -0.00989. The molecule has 0 aliphatic carbocycles. The Bertz CT molecular complexity index is 449. The van der Waals surface area contributed by atoms with Crippen molar-refractivity contribution in [2.45, 2.75) is 45.3 Å². The molecule has 0 unspecified atom stereocenters. The van der Waals surface area contributed by atoms with Gasteiger partial charge in [0.15, 0.2) is 0 Å². The molecule has 0 saturated heterocycles. The van der Waals surface area contributed by atoms with Gasteiger partial charge in [0.1, 0.15) is 0 Å². The lowest BCUT2D eigenvalue weighted by atomic mass is 10.6. The van der Waals surface area contributed by atoms with Crippen molar-refractivity contribution in [1.29, 1.82) is 0 Å². The second kappa shape index (κ2) is 15.4.